The molecule has 0 amide bonds. The Morgan fingerprint density at radius 2 is 1.79 bits per heavy atom. The van der Waals surface area contributed by atoms with Gasteiger partial charge in [0.2, 0.25) is 6.23 Å². The average molecular weight is 551 g/mol. The zero-order chi connectivity index (χ0) is 26.9. The van der Waals surface area contributed by atoms with Gasteiger partial charge in [-0.2, -0.15) is 5.10 Å². The van der Waals surface area contributed by atoms with Gasteiger partial charge in [0.05, 0.1) is 0 Å². The summed E-state index contributed by atoms with van der Waals surface area (Å²) in [5.41, 5.74) is 1.74. The molecule has 1 spiro atoms. The van der Waals surface area contributed by atoms with Crippen molar-refractivity contribution in [2.75, 3.05) is 4.90 Å². The average Bonchev–Trinajstić information content (AvgIpc) is 3.50. The highest BCUT2D eigenvalue weighted by molar-refractivity contribution is 7.80. The van der Waals surface area contributed by atoms with Crippen molar-refractivity contribution >= 4 is 40.5 Å². The Balaban J connectivity index is 1.61. The van der Waals surface area contributed by atoms with Gasteiger partial charge >= 0.3 is 0 Å². The predicted octanol–water partition coefficient (Wildman–Crippen LogP) is 6.73. The van der Waals surface area contributed by atoms with Crippen LogP contribution in [-0.4, -0.2) is 37.3 Å². The molecule has 1 aliphatic carbocycles. The first-order chi connectivity index (χ1) is 18.2. The summed E-state index contributed by atoms with van der Waals surface area (Å²) in [6.45, 7) is 8.67. The van der Waals surface area contributed by atoms with Crippen molar-refractivity contribution in [2.45, 2.75) is 77.6 Å². The number of hydrogen-bond acceptors (Lipinski definition) is 5. The maximum atomic E-state index is 6.57. The van der Waals surface area contributed by atoms with E-state index in [1.165, 1.54) is 18.3 Å². The molecule has 7 nitrogen and oxygen atoms in total. The molecule has 9 heteroatoms. The molecule has 38 heavy (non-hydrogen) atoms. The van der Waals surface area contributed by atoms with E-state index in [1.54, 1.807) is 11.0 Å². The van der Waals surface area contributed by atoms with Gasteiger partial charge in [0.15, 0.2) is 5.11 Å². The van der Waals surface area contributed by atoms with Crippen LogP contribution in [0, 0.1) is 12.3 Å². The van der Waals surface area contributed by atoms with Gasteiger partial charge in [-0.25, -0.2) is 9.67 Å². The van der Waals surface area contributed by atoms with Crippen LogP contribution in [-0.2, 0) is 0 Å². The van der Waals surface area contributed by atoms with Crippen LogP contribution in [0.1, 0.15) is 64.7 Å². The number of para-hydroxylation sites is 1. The monoisotopic (exact) mass is 550 g/mol. The molecule has 0 radical (unpaired) electrons. The van der Waals surface area contributed by atoms with E-state index in [2.05, 4.69) is 72.3 Å². The molecule has 2 heterocycles. The highest BCUT2D eigenvalue weighted by atomic mass is 35.5. The fourth-order valence-electron chi connectivity index (χ4n) is 5.57. The highest BCUT2D eigenvalue weighted by Crippen LogP contribution is 2.43. The third-order valence-electron chi connectivity index (χ3n) is 7.53. The Hall–Kier alpha value is -2.97. The van der Waals surface area contributed by atoms with Gasteiger partial charge in [-0.05, 0) is 73.3 Å². The Kier molecular flexibility index (Phi) is 7.47. The van der Waals surface area contributed by atoms with Gasteiger partial charge in [0.1, 0.15) is 35.8 Å². The number of nitrogens with zero attached hydrogens (tertiary/aromatic N) is 5. The molecule has 2 aliphatic rings. The molecular weight excluding hydrogens is 516 g/mol. The standard InChI is InChI=1S/C29H35ClN6OS/c1-20-10-6-7-11-23(20)36-27(38)34-26(29(36)16-8-5-9-17-29)33-24(28(2,3)4)25(35-19-31-18-32-35)37-22-14-12-21(30)13-15-22/h6-7,10-15,18-19,24-25H,5,8-9,16-17H2,1-4H3,(H,33,34,38)/t24-,25+/m1/s1. The molecule has 1 saturated carbocycles. The molecular formula is C29H35ClN6OS. The lowest BCUT2D eigenvalue weighted by atomic mass is 9.79. The molecule has 2 atom stereocenters. The van der Waals surface area contributed by atoms with Crippen LogP contribution in [0.25, 0.3) is 0 Å². The van der Waals surface area contributed by atoms with Crippen LogP contribution in [0.2, 0.25) is 5.02 Å². The Bertz CT molecular complexity index is 1300. The van der Waals surface area contributed by atoms with Crippen LogP contribution in [0.15, 0.2) is 66.2 Å². The number of aryl methyl sites for hydroxylation is 1. The molecule has 0 bridgehead atoms. The summed E-state index contributed by atoms with van der Waals surface area (Å²) in [6, 6.07) is 15.5. The van der Waals surface area contributed by atoms with Crippen LogP contribution in [0.4, 0.5) is 5.69 Å². The molecule has 1 saturated heterocycles. The first-order valence-corrected chi connectivity index (χ1v) is 14.0. The summed E-state index contributed by atoms with van der Waals surface area (Å²) in [5, 5.41) is 9.37. The summed E-state index contributed by atoms with van der Waals surface area (Å²) in [5.74, 6) is 1.60. The van der Waals surface area contributed by atoms with Crippen molar-refractivity contribution < 1.29 is 4.74 Å². The second-order valence-corrected chi connectivity index (χ2v) is 12.1. The van der Waals surface area contributed by atoms with Crippen molar-refractivity contribution in [3.8, 4) is 5.75 Å². The lowest BCUT2D eigenvalue weighted by molar-refractivity contribution is 0.0469. The van der Waals surface area contributed by atoms with E-state index in [0.717, 1.165) is 37.2 Å². The number of anilines is 1. The van der Waals surface area contributed by atoms with E-state index in [9.17, 15) is 0 Å². The second-order valence-electron chi connectivity index (χ2n) is 11.3. The third-order valence-corrected chi connectivity index (χ3v) is 8.06. The number of halogens is 1. The fraction of sp³-hybridized carbons (Fsp3) is 0.448. The van der Waals surface area contributed by atoms with Crippen LogP contribution < -0.4 is 15.0 Å². The molecule has 0 unspecified atom stereocenters. The van der Waals surface area contributed by atoms with Crippen molar-refractivity contribution in [3.05, 3.63) is 71.8 Å². The summed E-state index contributed by atoms with van der Waals surface area (Å²) in [4.78, 5) is 12.0. The Morgan fingerprint density at radius 1 is 1.08 bits per heavy atom. The molecule has 1 aromatic heterocycles. The van der Waals surface area contributed by atoms with Gasteiger partial charge in [0.25, 0.3) is 0 Å². The quantitative estimate of drug-likeness (QED) is 0.343. The van der Waals surface area contributed by atoms with E-state index in [4.69, 9.17) is 33.5 Å². The minimum absolute atomic E-state index is 0.273. The number of aliphatic imine (C=N–C) groups is 1. The maximum absolute atomic E-state index is 6.57. The number of benzene rings is 2. The van der Waals surface area contributed by atoms with Gasteiger partial charge in [-0.1, -0.05) is 69.8 Å². The number of aromatic nitrogens is 3. The zero-order valence-corrected chi connectivity index (χ0v) is 24.0. The van der Waals surface area contributed by atoms with E-state index in [-0.39, 0.29) is 17.0 Å². The number of rotatable bonds is 6. The summed E-state index contributed by atoms with van der Waals surface area (Å²) < 4.78 is 8.31. The molecule has 2 aromatic carbocycles. The summed E-state index contributed by atoms with van der Waals surface area (Å²) >= 11 is 12.1. The van der Waals surface area contributed by atoms with E-state index >= 15 is 0 Å². The van der Waals surface area contributed by atoms with E-state index < -0.39 is 6.23 Å². The fourth-order valence-corrected chi connectivity index (χ4v) is 6.06. The van der Waals surface area contributed by atoms with Crippen molar-refractivity contribution in [2.24, 2.45) is 10.4 Å². The molecule has 200 valence electrons. The predicted molar refractivity (Wildman–Crippen MR) is 157 cm³/mol. The van der Waals surface area contributed by atoms with Crippen LogP contribution >= 0.6 is 23.8 Å². The zero-order valence-electron chi connectivity index (χ0n) is 22.4. The molecule has 5 rings (SSSR count). The topological polar surface area (TPSA) is 67.6 Å². The number of nitrogens with one attached hydrogen (secondary N) is 1. The van der Waals surface area contributed by atoms with E-state index in [1.807, 2.05) is 24.3 Å². The number of hydrogen-bond donors (Lipinski definition) is 1. The third kappa shape index (κ3) is 5.16. The lowest BCUT2D eigenvalue weighted by Crippen LogP contribution is -2.52. The lowest BCUT2D eigenvalue weighted by Gasteiger charge is -2.42. The minimum atomic E-state index is -0.533. The molecule has 3 aromatic rings. The second kappa shape index (κ2) is 10.7. The first kappa shape index (κ1) is 26.6. The Labute approximate surface area is 235 Å². The smallest absolute Gasteiger partial charge is 0.215 e. The van der Waals surface area contributed by atoms with E-state index in [0.29, 0.717) is 15.9 Å². The first-order valence-electron chi connectivity index (χ1n) is 13.2. The van der Waals surface area contributed by atoms with Gasteiger partial charge in [-0.3, -0.25) is 4.99 Å². The minimum Gasteiger partial charge on any atom is -0.466 e. The number of amidine groups is 1. The van der Waals surface area contributed by atoms with Gasteiger partial charge in [0, 0.05) is 10.7 Å². The molecule has 1 aliphatic heterocycles. The van der Waals surface area contributed by atoms with Crippen LogP contribution in [0.3, 0.4) is 0 Å². The van der Waals surface area contributed by atoms with Crippen molar-refractivity contribution in [3.63, 3.8) is 0 Å². The van der Waals surface area contributed by atoms with Crippen molar-refractivity contribution in [1.29, 1.82) is 0 Å². The normalized spacial score (nSPS) is 20.0. The van der Waals surface area contributed by atoms with Gasteiger partial charge in [-0.15, -0.1) is 0 Å². The number of thiocarbonyl (C=S) groups is 1. The van der Waals surface area contributed by atoms with Crippen LogP contribution in [0.5, 0.6) is 5.75 Å². The maximum Gasteiger partial charge on any atom is 0.215 e. The SMILES string of the molecule is Cc1ccccc1N1C(=S)NC(=N[C@H]([C@H](Oc2ccc(Cl)cc2)n2cncn2)C(C)(C)C)C12CCCCC2. The van der Waals surface area contributed by atoms with Gasteiger partial charge < -0.3 is 15.0 Å². The summed E-state index contributed by atoms with van der Waals surface area (Å²) in [7, 11) is 0. The Morgan fingerprint density at radius 3 is 2.42 bits per heavy atom. The summed E-state index contributed by atoms with van der Waals surface area (Å²) in [6.07, 6.45) is 8.10. The number of ether oxygens (including phenoxy) is 1. The highest BCUT2D eigenvalue weighted by Gasteiger charge is 2.51. The largest absolute Gasteiger partial charge is 0.466 e. The molecule has 1 N–H and O–H groups in total. The van der Waals surface area contributed by atoms with Crippen molar-refractivity contribution in [1.82, 2.24) is 20.1 Å². The molecule has 2 fully saturated rings.